The minimum atomic E-state index is -0.399. The molecular formula is C21H18F2N6. The lowest BCUT2D eigenvalue weighted by atomic mass is 10.2. The van der Waals surface area contributed by atoms with Gasteiger partial charge < -0.3 is 10.2 Å². The molecule has 1 aromatic carbocycles. The summed E-state index contributed by atoms with van der Waals surface area (Å²) in [7, 11) is 0. The number of anilines is 1. The Balaban J connectivity index is 1.75. The van der Waals surface area contributed by atoms with Gasteiger partial charge in [0.05, 0.1) is 5.69 Å². The highest BCUT2D eigenvalue weighted by Gasteiger charge is 2.22. The van der Waals surface area contributed by atoms with Gasteiger partial charge in [-0.2, -0.15) is 0 Å². The topological polar surface area (TPSA) is 58.9 Å². The molecule has 0 aliphatic carbocycles. The number of hydrogen-bond acceptors (Lipinski definition) is 5. The van der Waals surface area contributed by atoms with Crippen molar-refractivity contribution >= 4 is 17.0 Å². The summed E-state index contributed by atoms with van der Waals surface area (Å²) < 4.78 is 30.2. The SMILES string of the molecule is Fc1ccc(-c2nc3cc(F)c(N4CCNCC4)nc3n2-c2ccncc2)cc1. The maximum absolute atomic E-state index is 14.9. The number of imidazole rings is 1. The molecule has 1 saturated heterocycles. The maximum atomic E-state index is 14.9. The van der Waals surface area contributed by atoms with Crippen molar-refractivity contribution in [2.24, 2.45) is 0 Å². The Bertz CT molecular complexity index is 1150. The van der Waals surface area contributed by atoms with Crippen LogP contribution in [0.25, 0.3) is 28.2 Å². The third-order valence-corrected chi connectivity index (χ3v) is 5.01. The minimum Gasteiger partial charge on any atom is -0.352 e. The van der Waals surface area contributed by atoms with Gasteiger partial charge in [0.1, 0.15) is 17.2 Å². The summed E-state index contributed by atoms with van der Waals surface area (Å²) in [6.07, 6.45) is 3.35. The van der Waals surface area contributed by atoms with Gasteiger partial charge in [0.2, 0.25) is 0 Å². The number of aromatic nitrogens is 4. The molecule has 1 fully saturated rings. The van der Waals surface area contributed by atoms with E-state index in [2.05, 4.69) is 20.3 Å². The number of nitrogens with zero attached hydrogens (tertiary/aromatic N) is 5. The summed E-state index contributed by atoms with van der Waals surface area (Å²) in [6.45, 7) is 2.93. The molecule has 1 aliphatic rings. The highest BCUT2D eigenvalue weighted by molar-refractivity contribution is 5.81. The van der Waals surface area contributed by atoms with E-state index >= 15 is 0 Å². The number of pyridine rings is 2. The van der Waals surface area contributed by atoms with Gasteiger partial charge in [-0.05, 0) is 36.4 Å². The molecule has 0 spiro atoms. The molecule has 0 atom stereocenters. The van der Waals surface area contributed by atoms with E-state index in [4.69, 9.17) is 0 Å². The molecule has 4 heterocycles. The molecule has 0 bridgehead atoms. The van der Waals surface area contributed by atoms with Crippen LogP contribution >= 0.6 is 0 Å². The van der Waals surface area contributed by atoms with E-state index in [0.29, 0.717) is 41.5 Å². The predicted molar refractivity (Wildman–Crippen MR) is 107 cm³/mol. The van der Waals surface area contributed by atoms with Crippen molar-refractivity contribution < 1.29 is 8.78 Å². The fourth-order valence-electron chi connectivity index (χ4n) is 3.60. The molecule has 8 heteroatoms. The van der Waals surface area contributed by atoms with Crippen LogP contribution in [0.15, 0.2) is 54.9 Å². The van der Waals surface area contributed by atoms with Gasteiger partial charge in [-0.25, -0.2) is 18.7 Å². The van der Waals surface area contributed by atoms with Crippen LogP contribution in [-0.2, 0) is 0 Å². The molecule has 5 rings (SSSR count). The van der Waals surface area contributed by atoms with Gasteiger partial charge in [0, 0.05) is 50.2 Å². The quantitative estimate of drug-likeness (QED) is 0.580. The number of fused-ring (bicyclic) bond motifs is 1. The molecule has 0 amide bonds. The van der Waals surface area contributed by atoms with Gasteiger partial charge in [-0.1, -0.05) is 0 Å². The van der Waals surface area contributed by atoms with Crippen molar-refractivity contribution in [2.75, 3.05) is 31.1 Å². The normalized spacial score (nSPS) is 14.5. The summed E-state index contributed by atoms with van der Waals surface area (Å²) in [5, 5.41) is 3.26. The Morgan fingerprint density at radius 1 is 0.897 bits per heavy atom. The molecule has 6 nitrogen and oxygen atoms in total. The van der Waals surface area contributed by atoms with Crippen LogP contribution in [0.2, 0.25) is 0 Å². The van der Waals surface area contributed by atoms with Crippen molar-refractivity contribution in [3.05, 3.63) is 66.5 Å². The van der Waals surface area contributed by atoms with Gasteiger partial charge in [-0.3, -0.25) is 9.55 Å². The molecule has 29 heavy (non-hydrogen) atoms. The average Bonchev–Trinajstić information content (AvgIpc) is 3.13. The molecular weight excluding hydrogens is 374 g/mol. The zero-order valence-electron chi connectivity index (χ0n) is 15.5. The van der Waals surface area contributed by atoms with E-state index in [9.17, 15) is 8.78 Å². The van der Waals surface area contributed by atoms with E-state index in [-0.39, 0.29) is 5.82 Å². The molecule has 0 radical (unpaired) electrons. The Morgan fingerprint density at radius 3 is 2.34 bits per heavy atom. The van der Waals surface area contributed by atoms with E-state index < -0.39 is 5.82 Å². The summed E-state index contributed by atoms with van der Waals surface area (Å²) >= 11 is 0. The zero-order chi connectivity index (χ0) is 19.8. The lowest BCUT2D eigenvalue weighted by Crippen LogP contribution is -2.44. The smallest absolute Gasteiger partial charge is 0.167 e. The first-order valence-corrected chi connectivity index (χ1v) is 9.42. The fourth-order valence-corrected chi connectivity index (χ4v) is 3.60. The van der Waals surface area contributed by atoms with Crippen LogP contribution in [0.1, 0.15) is 0 Å². The number of piperazine rings is 1. The van der Waals surface area contributed by atoms with E-state index in [0.717, 1.165) is 18.8 Å². The largest absolute Gasteiger partial charge is 0.352 e. The molecule has 0 unspecified atom stereocenters. The summed E-state index contributed by atoms with van der Waals surface area (Å²) in [6, 6.07) is 11.2. The third kappa shape index (κ3) is 3.21. The Kier molecular flexibility index (Phi) is 4.40. The number of halogens is 2. The lowest BCUT2D eigenvalue weighted by molar-refractivity contribution is 0.560. The van der Waals surface area contributed by atoms with Crippen LogP contribution in [0.5, 0.6) is 0 Å². The maximum Gasteiger partial charge on any atom is 0.167 e. The molecule has 1 aliphatic heterocycles. The number of nitrogens with one attached hydrogen (secondary N) is 1. The monoisotopic (exact) mass is 392 g/mol. The second-order valence-corrected chi connectivity index (χ2v) is 6.86. The Labute approximate surface area is 165 Å². The van der Waals surface area contributed by atoms with Crippen molar-refractivity contribution in [2.45, 2.75) is 0 Å². The van der Waals surface area contributed by atoms with E-state index in [1.807, 2.05) is 21.6 Å². The van der Waals surface area contributed by atoms with Crippen LogP contribution in [0.3, 0.4) is 0 Å². The number of benzene rings is 1. The Morgan fingerprint density at radius 2 is 1.62 bits per heavy atom. The van der Waals surface area contributed by atoms with Crippen LogP contribution in [0, 0.1) is 11.6 Å². The third-order valence-electron chi connectivity index (χ3n) is 5.01. The van der Waals surface area contributed by atoms with Gasteiger partial charge in [0.15, 0.2) is 17.3 Å². The van der Waals surface area contributed by atoms with Crippen LogP contribution < -0.4 is 10.2 Å². The average molecular weight is 392 g/mol. The van der Waals surface area contributed by atoms with Crippen molar-refractivity contribution in [3.8, 4) is 17.1 Å². The second-order valence-electron chi connectivity index (χ2n) is 6.86. The van der Waals surface area contributed by atoms with Crippen LogP contribution in [0.4, 0.5) is 14.6 Å². The van der Waals surface area contributed by atoms with Crippen LogP contribution in [-0.4, -0.2) is 45.7 Å². The molecule has 0 saturated carbocycles. The first kappa shape index (κ1) is 17.7. The Hall–Kier alpha value is -3.39. The van der Waals surface area contributed by atoms with Crippen molar-refractivity contribution in [1.82, 2.24) is 24.8 Å². The number of hydrogen-bond donors (Lipinski definition) is 1. The fraction of sp³-hybridized carbons (Fsp3) is 0.190. The minimum absolute atomic E-state index is 0.319. The van der Waals surface area contributed by atoms with Crippen molar-refractivity contribution in [1.29, 1.82) is 0 Å². The van der Waals surface area contributed by atoms with Gasteiger partial charge >= 0.3 is 0 Å². The van der Waals surface area contributed by atoms with E-state index in [1.165, 1.54) is 18.2 Å². The lowest BCUT2D eigenvalue weighted by Gasteiger charge is -2.28. The zero-order valence-corrected chi connectivity index (χ0v) is 15.5. The highest BCUT2D eigenvalue weighted by atomic mass is 19.1. The molecule has 4 aromatic rings. The van der Waals surface area contributed by atoms with Gasteiger partial charge in [0.25, 0.3) is 0 Å². The second kappa shape index (κ2) is 7.21. The van der Waals surface area contributed by atoms with Crippen molar-refractivity contribution in [3.63, 3.8) is 0 Å². The predicted octanol–water partition coefficient (Wildman–Crippen LogP) is 3.17. The standard InChI is InChI=1S/C21H18F2N6/c22-15-3-1-14(2-4-15)19-26-18-13-17(23)20(28-11-9-25-10-12-28)27-21(18)29(19)16-5-7-24-8-6-16/h1-8,13,25H,9-12H2. The van der Waals surface area contributed by atoms with E-state index in [1.54, 1.807) is 24.5 Å². The summed E-state index contributed by atoms with van der Waals surface area (Å²) in [4.78, 5) is 15.3. The first-order chi connectivity index (χ1) is 14.2. The highest BCUT2D eigenvalue weighted by Crippen LogP contribution is 2.30. The number of rotatable bonds is 3. The molecule has 3 aromatic heterocycles. The summed E-state index contributed by atoms with van der Waals surface area (Å²) in [5.41, 5.74) is 2.50. The summed E-state index contributed by atoms with van der Waals surface area (Å²) in [5.74, 6) is 0.158. The molecule has 146 valence electrons. The van der Waals surface area contributed by atoms with Gasteiger partial charge in [-0.15, -0.1) is 0 Å². The first-order valence-electron chi connectivity index (χ1n) is 9.42. The molecule has 1 N–H and O–H groups in total.